The Hall–Kier alpha value is -0.830. The van der Waals surface area contributed by atoms with Gasteiger partial charge in [-0.25, -0.2) is 4.79 Å². The highest BCUT2D eigenvalue weighted by molar-refractivity contribution is 5.86. The van der Waals surface area contributed by atoms with Crippen molar-refractivity contribution >= 4 is 5.97 Å². The first kappa shape index (κ1) is 22.2. The van der Waals surface area contributed by atoms with Crippen LogP contribution < -0.4 is 0 Å². The van der Waals surface area contributed by atoms with Gasteiger partial charge in [0.25, 0.3) is 0 Å². The van der Waals surface area contributed by atoms with Crippen molar-refractivity contribution in [2.75, 3.05) is 27.2 Å². The van der Waals surface area contributed by atoms with E-state index in [1.807, 2.05) is 0 Å². The average Bonchev–Trinajstić information content (AvgIpc) is 2.50. The van der Waals surface area contributed by atoms with E-state index in [1.165, 1.54) is 70.8 Å². The molecule has 0 spiro atoms. The van der Waals surface area contributed by atoms with Crippen LogP contribution in [0.1, 0.15) is 84.0 Å². The van der Waals surface area contributed by atoms with E-state index in [1.54, 1.807) is 6.92 Å². The number of carbonyl (C=O) groups is 1. The fourth-order valence-electron chi connectivity index (χ4n) is 2.59. The highest BCUT2D eigenvalue weighted by atomic mass is 16.5. The Balaban J connectivity index is 3.08. The minimum Gasteiger partial charge on any atom is -0.462 e. The van der Waals surface area contributed by atoms with E-state index in [2.05, 4.69) is 25.6 Å². The van der Waals surface area contributed by atoms with Gasteiger partial charge in [0.15, 0.2) is 0 Å². The Morgan fingerprint density at radius 1 is 0.783 bits per heavy atom. The second-order valence-corrected chi connectivity index (χ2v) is 6.96. The second-order valence-electron chi connectivity index (χ2n) is 6.96. The van der Waals surface area contributed by atoms with E-state index >= 15 is 0 Å². The van der Waals surface area contributed by atoms with E-state index in [0.29, 0.717) is 12.2 Å². The lowest BCUT2D eigenvalue weighted by atomic mass is 10.1. The second kappa shape index (κ2) is 16.0. The molecule has 0 saturated carbocycles. The SMILES string of the molecule is C=C(C)C(=O)OCCCCCCCCCCCCCCN(C)C. The van der Waals surface area contributed by atoms with E-state index in [4.69, 9.17) is 4.74 Å². The van der Waals surface area contributed by atoms with Crippen molar-refractivity contribution in [2.24, 2.45) is 0 Å². The van der Waals surface area contributed by atoms with Gasteiger partial charge in [-0.2, -0.15) is 0 Å². The van der Waals surface area contributed by atoms with Gasteiger partial charge in [-0.1, -0.05) is 70.8 Å². The molecule has 0 aromatic rings. The molecule has 23 heavy (non-hydrogen) atoms. The van der Waals surface area contributed by atoms with Gasteiger partial charge in [0.05, 0.1) is 6.61 Å². The van der Waals surface area contributed by atoms with Gasteiger partial charge in [-0.05, 0) is 40.4 Å². The summed E-state index contributed by atoms with van der Waals surface area (Å²) in [5, 5.41) is 0. The van der Waals surface area contributed by atoms with Crippen LogP contribution in [0.3, 0.4) is 0 Å². The fraction of sp³-hybridized carbons (Fsp3) is 0.850. The van der Waals surface area contributed by atoms with Crippen LogP contribution in [0.5, 0.6) is 0 Å². The lowest BCUT2D eigenvalue weighted by molar-refractivity contribution is -0.139. The van der Waals surface area contributed by atoms with Crippen molar-refractivity contribution in [2.45, 2.75) is 84.0 Å². The van der Waals surface area contributed by atoms with E-state index in [-0.39, 0.29) is 5.97 Å². The Labute approximate surface area is 144 Å². The maximum Gasteiger partial charge on any atom is 0.333 e. The molecule has 0 unspecified atom stereocenters. The molecule has 0 aromatic carbocycles. The standard InChI is InChI=1S/C20H39NO2/c1-19(2)20(22)23-18-16-14-12-10-8-6-5-7-9-11-13-15-17-21(3)4/h1,5-18H2,2-4H3. The Morgan fingerprint density at radius 3 is 1.57 bits per heavy atom. The van der Waals surface area contributed by atoms with Crippen LogP contribution in [0.25, 0.3) is 0 Å². The third kappa shape index (κ3) is 17.4. The fourth-order valence-corrected chi connectivity index (χ4v) is 2.59. The minimum atomic E-state index is -0.258. The van der Waals surface area contributed by atoms with Gasteiger partial charge in [0.1, 0.15) is 0 Å². The predicted octanol–water partition coefficient (Wildman–Crippen LogP) is 5.35. The van der Waals surface area contributed by atoms with E-state index in [9.17, 15) is 4.79 Å². The molecular formula is C20H39NO2. The van der Waals surface area contributed by atoms with Crippen LogP contribution in [0.4, 0.5) is 0 Å². The highest BCUT2D eigenvalue weighted by Gasteiger charge is 2.01. The number of rotatable bonds is 16. The average molecular weight is 326 g/mol. The summed E-state index contributed by atoms with van der Waals surface area (Å²) in [5.74, 6) is -0.258. The van der Waals surface area contributed by atoms with Crippen molar-refractivity contribution < 1.29 is 9.53 Å². The third-order valence-electron chi connectivity index (χ3n) is 4.08. The lowest BCUT2D eigenvalue weighted by Gasteiger charge is -2.08. The highest BCUT2D eigenvalue weighted by Crippen LogP contribution is 2.12. The summed E-state index contributed by atoms with van der Waals surface area (Å²) < 4.78 is 5.08. The third-order valence-corrected chi connectivity index (χ3v) is 4.08. The molecule has 0 fully saturated rings. The van der Waals surface area contributed by atoms with Gasteiger partial charge < -0.3 is 9.64 Å². The number of nitrogens with zero attached hydrogens (tertiary/aromatic N) is 1. The Kier molecular flexibility index (Phi) is 15.5. The van der Waals surface area contributed by atoms with Crippen LogP contribution in [0.15, 0.2) is 12.2 Å². The molecule has 0 atom stereocenters. The van der Waals surface area contributed by atoms with E-state index in [0.717, 1.165) is 12.8 Å². The van der Waals surface area contributed by atoms with Crippen LogP contribution in [-0.2, 0) is 9.53 Å². The van der Waals surface area contributed by atoms with Crippen LogP contribution in [0, 0.1) is 0 Å². The smallest absolute Gasteiger partial charge is 0.333 e. The van der Waals surface area contributed by atoms with Crippen LogP contribution >= 0.6 is 0 Å². The summed E-state index contributed by atoms with van der Waals surface area (Å²) in [6.07, 6.45) is 15.8. The van der Waals surface area contributed by atoms with Crippen molar-refractivity contribution in [3.05, 3.63) is 12.2 Å². The molecule has 0 saturated heterocycles. The molecule has 0 radical (unpaired) electrons. The normalized spacial score (nSPS) is 11.0. The maximum absolute atomic E-state index is 11.2. The number of carbonyl (C=O) groups excluding carboxylic acids is 1. The van der Waals surface area contributed by atoms with Gasteiger partial charge in [-0.15, -0.1) is 0 Å². The molecule has 3 heteroatoms. The zero-order chi connectivity index (χ0) is 17.3. The molecule has 136 valence electrons. The number of hydrogen-bond acceptors (Lipinski definition) is 3. The molecular weight excluding hydrogens is 286 g/mol. The summed E-state index contributed by atoms with van der Waals surface area (Å²) in [5.41, 5.74) is 0.489. The van der Waals surface area contributed by atoms with Gasteiger partial charge >= 0.3 is 5.97 Å². The largest absolute Gasteiger partial charge is 0.462 e. The van der Waals surface area contributed by atoms with Crippen molar-refractivity contribution in [3.8, 4) is 0 Å². The predicted molar refractivity (Wildman–Crippen MR) is 99.7 cm³/mol. The molecule has 3 nitrogen and oxygen atoms in total. The number of esters is 1. The lowest BCUT2D eigenvalue weighted by Crippen LogP contribution is -2.12. The number of unbranched alkanes of at least 4 members (excludes halogenated alkanes) is 11. The summed E-state index contributed by atoms with van der Waals surface area (Å²) in [6.45, 7) is 7.03. The molecule has 0 bridgehead atoms. The molecule has 0 N–H and O–H groups in total. The quantitative estimate of drug-likeness (QED) is 0.218. The number of hydrogen-bond donors (Lipinski definition) is 0. The molecule has 0 aliphatic heterocycles. The van der Waals surface area contributed by atoms with Crippen molar-refractivity contribution in [1.82, 2.24) is 4.90 Å². The van der Waals surface area contributed by atoms with Gasteiger partial charge in [-0.3, -0.25) is 0 Å². The zero-order valence-electron chi connectivity index (χ0n) is 15.9. The monoisotopic (exact) mass is 325 g/mol. The Morgan fingerprint density at radius 2 is 1.17 bits per heavy atom. The maximum atomic E-state index is 11.2. The van der Waals surface area contributed by atoms with Crippen molar-refractivity contribution in [3.63, 3.8) is 0 Å². The van der Waals surface area contributed by atoms with Crippen molar-refractivity contribution in [1.29, 1.82) is 0 Å². The molecule has 0 aliphatic carbocycles. The number of ether oxygens (including phenoxy) is 1. The topological polar surface area (TPSA) is 29.5 Å². The molecule has 0 rings (SSSR count). The van der Waals surface area contributed by atoms with E-state index < -0.39 is 0 Å². The summed E-state index contributed by atoms with van der Waals surface area (Å²) in [4.78, 5) is 13.4. The molecule has 0 aromatic heterocycles. The minimum absolute atomic E-state index is 0.258. The van der Waals surface area contributed by atoms with Crippen LogP contribution in [-0.4, -0.2) is 38.1 Å². The van der Waals surface area contributed by atoms with Gasteiger partial charge in [0, 0.05) is 5.57 Å². The first-order valence-corrected chi connectivity index (χ1v) is 9.51. The van der Waals surface area contributed by atoms with Gasteiger partial charge in [0.2, 0.25) is 0 Å². The summed E-state index contributed by atoms with van der Waals surface area (Å²) >= 11 is 0. The van der Waals surface area contributed by atoms with Crippen LogP contribution in [0.2, 0.25) is 0 Å². The molecule has 0 heterocycles. The Bertz CT molecular complexity index is 300. The molecule has 0 amide bonds. The first-order valence-electron chi connectivity index (χ1n) is 9.51. The first-order chi connectivity index (χ1) is 11.0. The summed E-state index contributed by atoms with van der Waals surface area (Å²) in [6, 6.07) is 0. The molecule has 0 aliphatic rings. The zero-order valence-corrected chi connectivity index (χ0v) is 15.9. The summed E-state index contributed by atoms with van der Waals surface area (Å²) in [7, 11) is 4.30.